The average Bonchev–Trinajstić information content (AvgIpc) is 2.27. The fourth-order valence-electron chi connectivity index (χ4n) is 2.01. The van der Waals surface area contributed by atoms with Crippen molar-refractivity contribution < 1.29 is 4.79 Å². The Bertz CT molecular complexity index is 421. The van der Waals surface area contributed by atoms with Crippen LogP contribution in [0, 0.1) is 6.92 Å². The van der Waals surface area contributed by atoms with E-state index in [1.54, 1.807) is 0 Å². The molecule has 0 saturated heterocycles. The first-order valence-corrected chi connectivity index (χ1v) is 6.94. The number of anilines is 1. The first kappa shape index (κ1) is 15.5. The molecule has 106 valence electrons. The number of carbonyl (C=O) groups is 1. The first-order chi connectivity index (χ1) is 8.81. The van der Waals surface area contributed by atoms with Crippen molar-refractivity contribution in [2.75, 3.05) is 18.0 Å². The van der Waals surface area contributed by atoms with Crippen LogP contribution in [0.5, 0.6) is 0 Å². The van der Waals surface area contributed by atoms with Crippen LogP contribution in [0.3, 0.4) is 0 Å². The Labute approximate surface area is 117 Å². The topological polar surface area (TPSA) is 32.3 Å². The molecule has 0 heterocycles. The maximum absolute atomic E-state index is 11.8. The van der Waals surface area contributed by atoms with Crippen molar-refractivity contribution >= 4 is 11.6 Å². The third-order valence-electron chi connectivity index (χ3n) is 2.87. The number of nitrogens with zero attached hydrogens (tertiary/aromatic N) is 1. The summed E-state index contributed by atoms with van der Waals surface area (Å²) in [6.07, 6.45) is 0.527. The molecular formula is C16H26N2O. The molecule has 1 N–H and O–H groups in total. The van der Waals surface area contributed by atoms with E-state index in [9.17, 15) is 4.79 Å². The Kier molecular flexibility index (Phi) is 5.40. The third-order valence-corrected chi connectivity index (χ3v) is 2.87. The van der Waals surface area contributed by atoms with Crippen LogP contribution in [0.15, 0.2) is 24.3 Å². The van der Waals surface area contributed by atoms with Crippen molar-refractivity contribution in [3.05, 3.63) is 29.8 Å². The van der Waals surface area contributed by atoms with Crippen molar-refractivity contribution in [1.82, 2.24) is 5.32 Å². The predicted molar refractivity (Wildman–Crippen MR) is 81.6 cm³/mol. The number of amides is 1. The summed E-state index contributed by atoms with van der Waals surface area (Å²) in [6.45, 7) is 11.9. The van der Waals surface area contributed by atoms with E-state index in [1.807, 2.05) is 20.8 Å². The van der Waals surface area contributed by atoms with Gasteiger partial charge in [0.25, 0.3) is 0 Å². The van der Waals surface area contributed by atoms with Crippen molar-refractivity contribution in [1.29, 1.82) is 0 Å². The number of aryl methyl sites for hydroxylation is 1. The second-order valence-electron chi connectivity index (χ2n) is 5.97. The highest BCUT2D eigenvalue weighted by Gasteiger charge is 2.14. The highest BCUT2D eigenvalue weighted by atomic mass is 16.1. The molecule has 0 aromatic heterocycles. The SMILES string of the molecule is CCN(CCC(=O)NC(C)(C)C)c1cccc(C)c1. The van der Waals surface area contributed by atoms with Gasteiger partial charge in [-0.05, 0) is 52.3 Å². The summed E-state index contributed by atoms with van der Waals surface area (Å²) in [4.78, 5) is 14.1. The van der Waals surface area contributed by atoms with Crippen LogP contribution < -0.4 is 10.2 Å². The Balaban J connectivity index is 2.56. The highest BCUT2D eigenvalue weighted by molar-refractivity contribution is 5.77. The molecule has 0 unspecified atom stereocenters. The minimum absolute atomic E-state index is 0.110. The van der Waals surface area contributed by atoms with Crippen LogP contribution in [0.2, 0.25) is 0 Å². The van der Waals surface area contributed by atoms with Crippen molar-refractivity contribution in [3.8, 4) is 0 Å². The molecule has 3 heteroatoms. The van der Waals surface area contributed by atoms with E-state index < -0.39 is 0 Å². The van der Waals surface area contributed by atoms with Gasteiger partial charge in [-0.15, -0.1) is 0 Å². The van der Waals surface area contributed by atoms with Gasteiger partial charge in [0.15, 0.2) is 0 Å². The number of hydrogen-bond acceptors (Lipinski definition) is 2. The maximum atomic E-state index is 11.8. The molecule has 1 aromatic carbocycles. The minimum Gasteiger partial charge on any atom is -0.371 e. The maximum Gasteiger partial charge on any atom is 0.222 e. The summed E-state index contributed by atoms with van der Waals surface area (Å²) in [5, 5.41) is 3.00. The van der Waals surface area contributed by atoms with Gasteiger partial charge >= 0.3 is 0 Å². The normalized spacial score (nSPS) is 11.2. The molecule has 0 saturated carbocycles. The smallest absolute Gasteiger partial charge is 0.222 e. The van der Waals surface area contributed by atoms with E-state index in [-0.39, 0.29) is 11.4 Å². The second-order valence-corrected chi connectivity index (χ2v) is 5.97. The summed E-state index contributed by atoms with van der Waals surface area (Å²) >= 11 is 0. The van der Waals surface area contributed by atoms with Gasteiger partial charge < -0.3 is 10.2 Å². The summed E-state index contributed by atoms with van der Waals surface area (Å²) in [6, 6.07) is 8.40. The first-order valence-electron chi connectivity index (χ1n) is 6.94. The van der Waals surface area contributed by atoms with Gasteiger partial charge in [0.05, 0.1) is 0 Å². The van der Waals surface area contributed by atoms with E-state index in [4.69, 9.17) is 0 Å². The van der Waals surface area contributed by atoms with Crippen LogP contribution in [-0.2, 0) is 4.79 Å². The zero-order valence-corrected chi connectivity index (χ0v) is 12.8. The minimum atomic E-state index is -0.155. The molecule has 3 nitrogen and oxygen atoms in total. The quantitative estimate of drug-likeness (QED) is 0.884. The zero-order chi connectivity index (χ0) is 14.5. The molecule has 0 atom stereocenters. The lowest BCUT2D eigenvalue weighted by molar-refractivity contribution is -0.122. The van der Waals surface area contributed by atoms with Crippen molar-refractivity contribution in [2.24, 2.45) is 0 Å². The molecule has 0 aliphatic rings. The Morgan fingerprint density at radius 3 is 2.53 bits per heavy atom. The summed E-state index contributed by atoms with van der Waals surface area (Å²) in [5.74, 6) is 0.110. The standard InChI is InChI=1S/C16H26N2O/c1-6-18(14-9-7-8-13(2)12-14)11-10-15(19)17-16(3,4)5/h7-9,12H,6,10-11H2,1-5H3,(H,17,19). The summed E-state index contributed by atoms with van der Waals surface area (Å²) < 4.78 is 0. The van der Waals surface area contributed by atoms with Gasteiger partial charge in [-0.1, -0.05) is 12.1 Å². The van der Waals surface area contributed by atoms with Gasteiger partial charge in [-0.2, -0.15) is 0 Å². The molecule has 1 rings (SSSR count). The molecule has 0 bridgehead atoms. The van der Waals surface area contributed by atoms with E-state index in [2.05, 4.69) is 48.3 Å². The van der Waals surface area contributed by atoms with E-state index in [1.165, 1.54) is 11.3 Å². The van der Waals surface area contributed by atoms with Crippen LogP contribution in [0.4, 0.5) is 5.69 Å². The molecule has 19 heavy (non-hydrogen) atoms. The molecule has 0 fully saturated rings. The second kappa shape index (κ2) is 6.60. The zero-order valence-electron chi connectivity index (χ0n) is 12.8. The largest absolute Gasteiger partial charge is 0.371 e. The van der Waals surface area contributed by atoms with E-state index >= 15 is 0 Å². The average molecular weight is 262 g/mol. The lowest BCUT2D eigenvalue weighted by Gasteiger charge is -2.25. The lowest BCUT2D eigenvalue weighted by atomic mass is 10.1. The third kappa shape index (κ3) is 5.77. The molecule has 1 aromatic rings. The fourth-order valence-corrected chi connectivity index (χ4v) is 2.01. The Morgan fingerprint density at radius 2 is 2.00 bits per heavy atom. The molecular weight excluding hydrogens is 236 g/mol. The highest BCUT2D eigenvalue weighted by Crippen LogP contribution is 2.15. The Hall–Kier alpha value is -1.51. The molecule has 1 amide bonds. The number of benzene rings is 1. The monoisotopic (exact) mass is 262 g/mol. The number of hydrogen-bond donors (Lipinski definition) is 1. The summed E-state index contributed by atoms with van der Waals surface area (Å²) in [7, 11) is 0. The van der Waals surface area contributed by atoms with Crippen molar-refractivity contribution in [3.63, 3.8) is 0 Å². The Morgan fingerprint density at radius 1 is 1.32 bits per heavy atom. The lowest BCUT2D eigenvalue weighted by Crippen LogP contribution is -2.42. The molecule has 0 radical (unpaired) electrons. The van der Waals surface area contributed by atoms with Crippen LogP contribution >= 0.6 is 0 Å². The van der Waals surface area contributed by atoms with Crippen LogP contribution in [0.1, 0.15) is 39.7 Å². The van der Waals surface area contributed by atoms with Gasteiger partial charge in [0.2, 0.25) is 5.91 Å². The van der Waals surface area contributed by atoms with Crippen molar-refractivity contribution in [2.45, 2.75) is 46.6 Å². The van der Waals surface area contributed by atoms with Gasteiger partial charge in [-0.3, -0.25) is 4.79 Å². The molecule has 0 aliphatic carbocycles. The fraction of sp³-hybridized carbons (Fsp3) is 0.562. The molecule has 0 aliphatic heterocycles. The van der Waals surface area contributed by atoms with Gasteiger partial charge in [0, 0.05) is 30.7 Å². The van der Waals surface area contributed by atoms with Gasteiger partial charge in [-0.25, -0.2) is 0 Å². The van der Waals surface area contributed by atoms with Crippen LogP contribution in [-0.4, -0.2) is 24.5 Å². The van der Waals surface area contributed by atoms with E-state index in [0.29, 0.717) is 6.42 Å². The number of carbonyl (C=O) groups excluding carboxylic acids is 1. The number of nitrogens with one attached hydrogen (secondary N) is 1. The van der Waals surface area contributed by atoms with Crippen LogP contribution in [0.25, 0.3) is 0 Å². The summed E-state index contributed by atoms with van der Waals surface area (Å²) in [5.41, 5.74) is 2.28. The van der Waals surface area contributed by atoms with Gasteiger partial charge in [0.1, 0.15) is 0 Å². The number of rotatable bonds is 5. The predicted octanol–water partition coefficient (Wildman–Crippen LogP) is 3.13. The van der Waals surface area contributed by atoms with E-state index in [0.717, 1.165) is 13.1 Å². The molecule has 0 spiro atoms.